The molecule has 0 radical (unpaired) electrons. The maximum Gasteiger partial charge on any atom is 0.339 e. The van der Waals surface area contributed by atoms with Gasteiger partial charge in [-0.15, -0.1) is 0 Å². The van der Waals surface area contributed by atoms with Gasteiger partial charge in [0.15, 0.2) is 11.6 Å². The molecule has 0 fully saturated rings. The first-order valence-corrected chi connectivity index (χ1v) is 5.45. The molecule has 0 unspecified atom stereocenters. The number of hydrogen-bond donors (Lipinski definition) is 1. The quantitative estimate of drug-likeness (QED) is 0.918. The summed E-state index contributed by atoms with van der Waals surface area (Å²) < 4.78 is 32.0. The van der Waals surface area contributed by atoms with Crippen molar-refractivity contribution >= 4 is 5.97 Å². The summed E-state index contributed by atoms with van der Waals surface area (Å²) in [5, 5.41) is 8.97. The van der Waals surface area contributed by atoms with E-state index in [1.165, 1.54) is 24.3 Å². The Labute approximate surface area is 108 Å². The summed E-state index contributed by atoms with van der Waals surface area (Å²) in [5.74, 6) is -3.03. The van der Waals surface area contributed by atoms with Crippen molar-refractivity contribution in [1.82, 2.24) is 0 Å². The first-order chi connectivity index (χ1) is 8.99. The van der Waals surface area contributed by atoms with Gasteiger partial charge in [-0.25, -0.2) is 13.6 Å². The maximum atomic E-state index is 13.6. The van der Waals surface area contributed by atoms with Crippen molar-refractivity contribution in [3.05, 3.63) is 59.2 Å². The van der Waals surface area contributed by atoms with Gasteiger partial charge in [0, 0.05) is 6.07 Å². The third-order valence-corrected chi connectivity index (χ3v) is 2.56. The van der Waals surface area contributed by atoms with Crippen LogP contribution in [-0.2, 0) is 0 Å². The van der Waals surface area contributed by atoms with Gasteiger partial charge in [0.25, 0.3) is 0 Å². The van der Waals surface area contributed by atoms with Gasteiger partial charge in [-0.1, -0.05) is 12.1 Å². The number of benzene rings is 2. The van der Waals surface area contributed by atoms with Crippen molar-refractivity contribution in [1.29, 1.82) is 0 Å². The highest BCUT2D eigenvalue weighted by molar-refractivity contribution is 5.91. The minimum atomic E-state index is -1.32. The third kappa shape index (κ3) is 2.70. The predicted molar refractivity (Wildman–Crippen MR) is 64.6 cm³/mol. The van der Waals surface area contributed by atoms with Gasteiger partial charge < -0.3 is 9.84 Å². The van der Waals surface area contributed by atoms with E-state index in [0.717, 1.165) is 12.1 Å². The number of ether oxygens (including phenoxy) is 1. The summed E-state index contributed by atoms with van der Waals surface area (Å²) in [6.07, 6.45) is 0. The topological polar surface area (TPSA) is 46.5 Å². The van der Waals surface area contributed by atoms with Gasteiger partial charge in [-0.2, -0.15) is 0 Å². The van der Waals surface area contributed by atoms with Crippen LogP contribution in [0.2, 0.25) is 0 Å². The van der Waals surface area contributed by atoms with Gasteiger partial charge in [0.05, 0.1) is 0 Å². The van der Waals surface area contributed by atoms with Crippen LogP contribution in [0.25, 0.3) is 0 Å². The standard InChI is InChI=1S/C14H10F2O3/c1-8-5-6-9(15)7-12(8)19-13-10(14(17)18)3-2-4-11(13)16/h2-7H,1H3,(H,17,18). The van der Waals surface area contributed by atoms with E-state index in [2.05, 4.69) is 0 Å². The Kier molecular flexibility index (Phi) is 3.46. The molecule has 0 spiro atoms. The molecule has 2 aromatic carbocycles. The molecule has 0 aliphatic rings. The van der Waals surface area contributed by atoms with Crippen LogP contribution in [0, 0.1) is 18.6 Å². The first kappa shape index (κ1) is 13.0. The summed E-state index contributed by atoms with van der Waals surface area (Å²) in [6, 6.07) is 7.34. The zero-order valence-electron chi connectivity index (χ0n) is 9.98. The van der Waals surface area contributed by atoms with Gasteiger partial charge in [-0.05, 0) is 30.7 Å². The summed E-state index contributed by atoms with van der Waals surface area (Å²) in [6.45, 7) is 1.65. The molecule has 5 heteroatoms. The molecule has 0 aromatic heterocycles. The van der Waals surface area contributed by atoms with E-state index >= 15 is 0 Å². The molecule has 1 N–H and O–H groups in total. The Morgan fingerprint density at radius 1 is 1.21 bits per heavy atom. The number of aryl methyl sites for hydroxylation is 1. The second-order valence-corrected chi connectivity index (χ2v) is 3.93. The number of halogens is 2. The zero-order valence-corrected chi connectivity index (χ0v) is 9.98. The molecule has 0 heterocycles. The van der Waals surface area contributed by atoms with Crippen LogP contribution in [-0.4, -0.2) is 11.1 Å². The number of carbonyl (C=O) groups is 1. The number of aromatic carboxylic acids is 1. The number of rotatable bonds is 3. The maximum absolute atomic E-state index is 13.6. The van der Waals surface area contributed by atoms with E-state index in [-0.39, 0.29) is 11.3 Å². The van der Waals surface area contributed by atoms with Crippen molar-refractivity contribution in [2.45, 2.75) is 6.92 Å². The van der Waals surface area contributed by atoms with Crippen molar-refractivity contribution in [3.63, 3.8) is 0 Å². The van der Waals surface area contributed by atoms with Crippen molar-refractivity contribution in [2.24, 2.45) is 0 Å². The number of hydrogen-bond acceptors (Lipinski definition) is 2. The van der Waals surface area contributed by atoms with Crippen LogP contribution in [0.15, 0.2) is 36.4 Å². The van der Waals surface area contributed by atoms with Gasteiger partial charge >= 0.3 is 5.97 Å². The largest absolute Gasteiger partial charge is 0.478 e. The van der Waals surface area contributed by atoms with Gasteiger partial charge in [-0.3, -0.25) is 0 Å². The first-order valence-electron chi connectivity index (χ1n) is 5.45. The molecule has 3 nitrogen and oxygen atoms in total. The Hall–Kier alpha value is -2.43. The Balaban J connectivity index is 2.49. The Morgan fingerprint density at radius 3 is 2.63 bits per heavy atom. The molecule has 0 aliphatic heterocycles. The monoisotopic (exact) mass is 264 g/mol. The third-order valence-electron chi connectivity index (χ3n) is 2.56. The molecule has 0 bridgehead atoms. The second-order valence-electron chi connectivity index (χ2n) is 3.93. The lowest BCUT2D eigenvalue weighted by molar-refractivity contribution is 0.0693. The van der Waals surface area contributed by atoms with Crippen LogP contribution in [0.1, 0.15) is 15.9 Å². The highest BCUT2D eigenvalue weighted by atomic mass is 19.1. The van der Waals surface area contributed by atoms with Crippen molar-refractivity contribution < 1.29 is 23.4 Å². The van der Waals surface area contributed by atoms with E-state index in [1.54, 1.807) is 6.92 Å². The van der Waals surface area contributed by atoms with Crippen LogP contribution >= 0.6 is 0 Å². The predicted octanol–water partition coefficient (Wildman–Crippen LogP) is 3.76. The van der Waals surface area contributed by atoms with E-state index in [4.69, 9.17) is 9.84 Å². The van der Waals surface area contributed by atoms with E-state index in [9.17, 15) is 13.6 Å². The van der Waals surface area contributed by atoms with Crippen LogP contribution < -0.4 is 4.74 Å². The van der Waals surface area contributed by atoms with Crippen LogP contribution in [0.4, 0.5) is 8.78 Å². The summed E-state index contributed by atoms with van der Waals surface area (Å²) >= 11 is 0. The summed E-state index contributed by atoms with van der Waals surface area (Å²) in [4.78, 5) is 11.0. The molecule has 0 aliphatic carbocycles. The zero-order chi connectivity index (χ0) is 14.0. The second kappa shape index (κ2) is 5.06. The molecule has 0 amide bonds. The fraction of sp³-hybridized carbons (Fsp3) is 0.0714. The molecule has 19 heavy (non-hydrogen) atoms. The molecule has 2 aromatic rings. The van der Waals surface area contributed by atoms with E-state index in [0.29, 0.717) is 5.56 Å². The van der Waals surface area contributed by atoms with Gasteiger partial charge in [0.1, 0.15) is 17.1 Å². The van der Waals surface area contributed by atoms with E-state index < -0.39 is 23.4 Å². The summed E-state index contributed by atoms with van der Waals surface area (Å²) in [7, 11) is 0. The van der Waals surface area contributed by atoms with Crippen LogP contribution in [0.5, 0.6) is 11.5 Å². The Bertz CT molecular complexity index is 639. The smallest absolute Gasteiger partial charge is 0.339 e. The highest BCUT2D eigenvalue weighted by Crippen LogP contribution is 2.30. The number of carboxylic acids is 1. The van der Waals surface area contributed by atoms with Gasteiger partial charge in [0.2, 0.25) is 0 Å². The highest BCUT2D eigenvalue weighted by Gasteiger charge is 2.17. The average molecular weight is 264 g/mol. The lowest BCUT2D eigenvalue weighted by atomic mass is 10.2. The molecular formula is C14H10F2O3. The average Bonchev–Trinajstić information content (AvgIpc) is 2.35. The SMILES string of the molecule is Cc1ccc(F)cc1Oc1c(F)cccc1C(=O)O. The minimum absolute atomic E-state index is 0.0765. The Morgan fingerprint density at radius 2 is 1.95 bits per heavy atom. The molecule has 0 saturated carbocycles. The lowest BCUT2D eigenvalue weighted by Crippen LogP contribution is -2.02. The van der Waals surface area contributed by atoms with E-state index in [1.807, 2.05) is 0 Å². The van der Waals surface area contributed by atoms with Crippen LogP contribution in [0.3, 0.4) is 0 Å². The summed E-state index contributed by atoms with van der Waals surface area (Å²) in [5.41, 5.74) is 0.254. The minimum Gasteiger partial charge on any atom is -0.478 e. The molecule has 98 valence electrons. The molecule has 0 atom stereocenters. The van der Waals surface area contributed by atoms with Crippen molar-refractivity contribution in [2.75, 3.05) is 0 Å². The fourth-order valence-corrected chi connectivity index (χ4v) is 1.57. The molecule has 2 rings (SSSR count). The molecule has 0 saturated heterocycles. The number of para-hydroxylation sites is 1. The van der Waals surface area contributed by atoms with Crippen molar-refractivity contribution in [3.8, 4) is 11.5 Å². The number of carboxylic acid groups (broad SMARTS) is 1. The molecular weight excluding hydrogens is 254 g/mol. The fourth-order valence-electron chi connectivity index (χ4n) is 1.57. The lowest BCUT2D eigenvalue weighted by Gasteiger charge is -2.11. The normalized spacial score (nSPS) is 10.3.